The minimum Gasteiger partial charge on any atom is -0.434 e. The molecule has 0 aliphatic rings. The summed E-state index contributed by atoms with van der Waals surface area (Å²) in [5, 5.41) is 3.68. The summed E-state index contributed by atoms with van der Waals surface area (Å²) >= 11 is 5.84. The van der Waals surface area contributed by atoms with Crippen LogP contribution in [0.25, 0.3) is 0 Å². The molecule has 1 N–H and O–H groups in total. The molecule has 0 saturated carbocycles. The zero-order valence-corrected chi connectivity index (χ0v) is 10.9. The standard InChI is InChI=1S/C13H16ClF2NO/c1-3-4-9(2)17-8-10-7-11(14)5-6-12(10)18-13(15)16/h3,5-7,9,13,17H,1,4,8H2,2H3. The Balaban J connectivity index is 2.72. The highest BCUT2D eigenvalue weighted by Crippen LogP contribution is 2.24. The van der Waals surface area contributed by atoms with Crippen molar-refractivity contribution in [2.24, 2.45) is 0 Å². The lowest BCUT2D eigenvalue weighted by Gasteiger charge is -2.15. The molecule has 100 valence electrons. The smallest absolute Gasteiger partial charge is 0.387 e. The van der Waals surface area contributed by atoms with Gasteiger partial charge in [0, 0.05) is 23.2 Å². The van der Waals surface area contributed by atoms with Crippen LogP contribution in [0.1, 0.15) is 18.9 Å². The first-order chi connectivity index (χ1) is 8.52. The number of halogens is 3. The average Bonchev–Trinajstić information content (AvgIpc) is 2.29. The van der Waals surface area contributed by atoms with Gasteiger partial charge in [0.05, 0.1) is 0 Å². The average molecular weight is 276 g/mol. The predicted octanol–water partition coefficient (Wildman–Crippen LogP) is 4.00. The van der Waals surface area contributed by atoms with Crippen LogP contribution in [0.5, 0.6) is 5.75 Å². The zero-order chi connectivity index (χ0) is 13.5. The lowest BCUT2D eigenvalue weighted by molar-refractivity contribution is -0.0505. The molecular weight excluding hydrogens is 260 g/mol. The van der Waals surface area contributed by atoms with E-state index in [0.717, 1.165) is 6.42 Å². The molecule has 5 heteroatoms. The van der Waals surface area contributed by atoms with Gasteiger partial charge in [0.25, 0.3) is 0 Å². The normalized spacial score (nSPS) is 12.5. The van der Waals surface area contributed by atoms with Gasteiger partial charge in [-0.25, -0.2) is 0 Å². The van der Waals surface area contributed by atoms with Gasteiger partial charge in [-0.3, -0.25) is 0 Å². The van der Waals surface area contributed by atoms with Crippen molar-refractivity contribution in [1.82, 2.24) is 5.32 Å². The number of nitrogens with one attached hydrogen (secondary N) is 1. The Morgan fingerprint density at radius 1 is 1.50 bits per heavy atom. The summed E-state index contributed by atoms with van der Waals surface area (Å²) in [6, 6.07) is 4.80. The van der Waals surface area contributed by atoms with E-state index in [0.29, 0.717) is 17.1 Å². The van der Waals surface area contributed by atoms with Crippen LogP contribution in [0.3, 0.4) is 0 Å². The van der Waals surface area contributed by atoms with E-state index in [9.17, 15) is 8.78 Å². The Bertz CT molecular complexity index is 399. The summed E-state index contributed by atoms with van der Waals surface area (Å²) < 4.78 is 28.9. The highest BCUT2D eigenvalue weighted by Gasteiger charge is 2.10. The zero-order valence-electron chi connectivity index (χ0n) is 10.1. The van der Waals surface area contributed by atoms with Gasteiger partial charge in [-0.15, -0.1) is 6.58 Å². The van der Waals surface area contributed by atoms with Gasteiger partial charge in [-0.1, -0.05) is 17.7 Å². The molecule has 0 heterocycles. The molecule has 18 heavy (non-hydrogen) atoms. The number of ether oxygens (including phenoxy) is 1. The molecule has 1 rings (SSSR count). The van der Waals surface area contributed by atoms with Gasteiger partial charge in [0.15, 0.2) is 0 Å². The van der Waals surface area contributed by atoms with E-state index in [-0.39, 0.29) is 11.8 Å². The second-order valence-electron chi connectivity index (χ2n) is 3.94. The molecule has 0 radical (unpaired) electrons. The molecular formula is C13H16ClF2NO. The summed E-state index contributed by atoms with van der Waals surface area (Å²) in [5.41, 5.74) is 0.610. The summed E-state index contributed by atoms with van der Waals surface area (Å²) in [4.78, 5) is 0. The third-order valence-corrected chi connectivity index (χ3v) is 2.63. The largest absolute Gasteiger partial charge is 0.434 e. The molecule has 0 aliphatic carbocycles. The second-order valence-corrected chi connectivity index (χ2v) is 4.37. The van der Waals surface area contributed by atoms with Crippen LogP contribution >= 0.6 is 11.6 Å². The van der Waals surface area contributed by atoms with Crippen LogP contribution in [0, 0.1) is 0 Å². The molecule has 0 spiro atoms. The number of hydrogen-bond acceptors (Lipinski definition) is 2. The van der Waals surface area contributed by atoms with Gasteiger partial charge in [0.1, 0.15) is 5.75 Å². The highest BCUT2D eigenvalue weighted by molar-refractivity contribution is 6.30. The fourth-order valence-corrected chi connectivity index (χ4v) is 1.71. The first kappa shape index (κ1) is 14.9. The summed E-state index contributed by atoms with van der Waals surface area (Å²) in [6.45, 7) is 3.20. The van der Waals surface area contributed by atoms with E-state index >= 15 is 0 Å². The van der Waals surface area contributed by atoms with Crippen molar-refractivity contribution in [3.63, 3.8) is 0 Å². The van der Waals surface area contributed by atoms with Crippen LogP contribution in [0.15, 0.2) is 30.9 Å². The van der Waals surface area contributed by atoms with Crippen molar-refractivity contribution in [2.45, 2.75) is 32.5 Å². The Labute approximate surface area is 111 Å². The van der Waals surface area contributed by atoms with Crippen LogP contribution in [0.4, 0.5) is 8.78 Å². The maximum atomic E-state index is 12.2. The van der Waals surface area contributed by atoms with Gasteiger partial charge in [0.2, 0.25) is 0 Å². The molecule has 1 unspecified atom stereocenters. The summed E-state index contributed by atoms with van der Waals surface area (Å²) in [6.07, 6.45) is 2.60. The van der Waals surface area contributed by atoms with Crippen LogP contribution in [0.2, 0.25) is 5.02 Å². The molecule has 0 fully saturated rings. The maximum Gasteiger partial charge on any atom is 0.387 e. The molecule has 2 nitrogen and oxygen atoms in total. The Kier molecular flexibility index (Phi) is 6.09. The number of alkyl halides is 2. The van der Waals surface area contributed by atoms with Gasteiger partial charge < -0.3 is 10.1 Å². The predicted molar refractivity (Wildman–Crippen MR) is 69.2 cm³/mol. The van der Waals surface area contributed by atoms with Crippen molar-refractivity contribution in [2.75, 3.05) is 0 Å². The van der Waals surface area contributed by atoms with E-state index < -0.39 is 6.61 Å². The third-order valence-electron chi connectivity index (χ3n) is 2.40. The molecule has 0 aromatic heterocycles. The van der Waals surface area contributed by atoms with Crippen molar-refractivity contribution < 1.29 is 13.5 Å². The van der Waals surface area contributed by atoms with Crippen molar-refractivity contribution >= 4 is 11.6 Å². The highest BCUT2D eigenvalue weighted by atomic mass is 35.5. The fourth-order valence-electron chi connectivity index (χ4n) is 1.51. The second kappa shape index (κ2) is 7.34. The van der Waals surface area contributed by atoms with Crippen LogP contribution in [-0.4, -0.2) is 12.7 Å². The lowest BCUT2D eigenvalue weighted by atomic mass is 10.1. The molecule has 1 aromatic rings. The van der Waals surface area contributed by atoms with Crippen molar-refractivity contribution in [1.29, 1.82) is 0 Å². The van der Waals surface area contributed by atoms with E-state index in [4.69, 9.17) is 11.6 Å². The molecule has 0 saturated heterocycles. The Morgan fingerprint density at radius 3 is 2.83 bits per heavy atom. The lowest BCUT2D eigenvalue weighted by Crippen LogP contribution is -2.25. The first-order valence-corrected chi connectivity index (χ1v) is 5.98. The molecule has 0 aliphatic heterocycles. The molecule has 1 atom stereocenters. The SMILES string of the molecule is C=CCC(C)NCc1cc(Cl)ccc1OC(F)F. The van der Waals surface area contributed by atoms with Crippen LogP contribution in [-0.2, 0) is 6.54 Å². The first-order valence-electron chi connectivity index (χ1n) is 5.60. The molecule has 0 amide bonds. The number of hydrogen-bond donors (Lipinski definition) is 1. The van der Waals surface area contributed by atoms with Crippen molar-refractivity contribution in [3.8, 4) is 5.75 Å². The van der Waals surface area contributed by atoms with Gasteiger partial charge in [-0.2, -0.15) is 8.78 Å². The fraction of sp³-hybridized carbons (Fsp3) is 0.385. The Morgan fingerprint density at radius 2 is 2.22 bits per heavy atom. The third kappa shape index (κ3) is 5.02. The van der Waals surface area contributed by atoms with E-state index in [1.54, 1.807) is 12.1 Å². The number of benzene rings is 1. The minimum absolute atomic E-state index is 0.146. The van der Waals surface area contributed by atoms with E-state index in [1.165, 1.54) is 12.1 Å². The topological polar surface area (TPSA) is 21.3 Å². The number of rotatable bonds is 7. The van der Waals surface area contributed by atoms with Gasteiger partial charge in [-0.05, 0) is 31.5 Å². The Hall–Kier alpha value is -1.13. The summed E-state index contributed by atoms with van der Waals surface area (Å²) in [7, 11) is 0. The maximum absolute atomic E-state index is 12.2. The monoisotopic (exact) mass is 275 g/mol. The quantitative estimate of drug-likeness (QED) is 0.760. The van der Waals surface area contributed by atoms with Crippen molar-refractivity contribution in [3.05, 3.63) is 41.4 Å². The van der Waals surface area contributed by atoms with Gasteiger partial charge >= 0.3 is 6.61 Å². The van der Waals surface area contributed by atoms with E-state index in [2.05, 4.69) is 16.6 Å². The minimum atomic E-state index is -2.84. The van der Waals surface area contributed by atoms with Crippen LogP contribution < -0.4 is 10.1 Å². The molecule has 0 bridgehead atoms. The molecule has 1 aromatic carbocycles. The summed E-state index contributed by atoms with van der Waals surface area (Å²) in [5.74, 6) is 0.146. The van der Waals surface area contributed by atoms with E-state index in [1.807, 2.05) is 6.92 Å².